The number of carbonyl (C=O) groups excluding carboxylic acids is 2. The second-order valence-electron chi connectivity index (χ2n) is 6.17. The maximum atomic E-state index is 13.4. The average molecular weight is 344 g/mol. The van der Waals surface area contributed by atoms with Crippen molar-refractivity contribution in [2.45, 2.75) is 25.3 Å². The lowest BCUT2D eigenvalue weighted by atomic mass is 9.88. The Morgan fingerprint density at radius 3 is 2.64 bits per heavy atom. The number of rotatable bonds is 3. The summed E-state index contributed by atoms with van der Waals surface area (Å²) in [5.74, 6) is -2.95. The van der Waals surface area contributed by atoms with Gasteiger partial charge in [-0.25, -0.2) is 8.78 Å². The van der Waals surface area contributed by atoms with Gasteiger partial charge in [0.1, 0.15) is 0 Å². The minimum absolute atomic E-state index is 0.0733. The normalized spacial score (nSPS) is 17.8. The van der Waals surface area contributed by atoms with Crippen LogP contribution in [0.25, 0.3) is 0 Å². The third kappa shape index (κ3) is 3.24. The molecule has 4 nitrogen and oxygen atoms in total. The van der Waals surface area contributed by atoms with Crippen molar-refractivity contribution in [1.82, 2.24) is 5.32 Å². The maximum absolute atomic E-state index is 13.4. The molecule has 0 aliphatic carbocycles. The number of fused-ring (bicyclic) bond motifs is 1. The fourth-order valence-corrected chi connectivity index (χ4v) is 3.06. The number of benzene rings is 2. The minimum atomic E-state index is -0.960. The van der Waals surface area contributed by atoms with Crippen molar-refractivity contribution >= 4 is 17.5 Å². The van der Waals surface area contributed by atoms with Crippen molar-refractivity contribution in [3.63, 3.8) is 0 Å². The van der Waals surface area contributed by atoms with Gasteiger partial charge in [-0.05, 0) is 36.2 Å². The van der Waals surface area contributed by atoms with E-state index in [1.54, 1.807) is 20.0 Å². The van der Waals surface area contributed by atoms with Crippen LogP contribution in [0.3, 0.4) is 0 Å². The predicted octanol–water partition coefficient (Wildman–Crippen LogP) is 3.29. The summed E-state index contributed by atoms with van der Waals surface area (Å²) < 4.78 is 26.4. The summed E-state index contributed by atoms with van der Waals surface area (Å²) in [6.07, 6.45) is 0.0733. The van der Waals surface area contributed by atoms with E-state index in [0.29, 0.717) is 11.3 Å². The van der Waals surface area contributed by atoms with Gasteiger partial charge < -0.3 is 10.2 Å². The summed E-state index contributed by atoms with van der Waals surface area (Å²) in [5, 5.41) is 2.79. The highest BCUT2D eigenvalue weighted by atomic mass is 19.2. The fraction of sp³-hybridized carbons (Fsp3) is 0.263. The lowest BCUT2D eigenvalue weighted by Gasteiger charge is -2.31. The summed E-state index contributed by atoms with van der Waals surface area (Å²) >= 11 is 0. The van der Waals surface area contributed by atoms with Gasteiger partial charge in [0, 0.05) is 19.2 Å². The van der Waals surface area contributed by atoms with E-state index in [4.69, 9.17) is 0 Å². The minimum Gasteiger partial charge on any atom is -0.349 e. The number of anilines is 1. The van der Waals surface area contributed by atoms with E-state index in [1.807, 2.05) is 18.2 Å². The molecule has 25 heavy (non-hydrogen) atoms. The summed E-state index contributed by atoms with van der Waals surface area (Å²) in [6.45, 7) is 1.69. The number of amides is 2. The monoisotopic (exact) mass is 344 g/mol. The Morgan fingerprint density at radius 2 is 1.92 bits per heavy atom. The first-order valence-electron chi connectivity index (χ1n) is 7.99. The second-order valence-corrected chi connectivity index (χ2v) is 6.17. The lowest BCUT2D eigenvalue weighted by molar-refractivity contribution is -0.127. The molecule has 1 N–H and O–H groups in total. The Bertz CT molecular complexity index is 838. The molecule has 6 heteroatoms. The van der Waals surface area contributed by atoms with Crippen LogP contribution in [0.5, 0.6) is 0 Å². The molecule has 0 spiro atoms. The first-order chi connectivity index (χ1) is 11.9. The van der Waals surface area contributed by atoms with E-state index in [-0.39, 0.29) is 18.2 Å². The molecule has 1 aliphatic heterocycles. The van der Waals surface area contributed by atoms with Crippen molar-refractivity contribution in [3.8, 4) is 0 Å². The maximum Gasteiger partial charge on any atom is 0.228 e. The summed E-state index contributed by atoms with van der Waals surface area (Å²) in [5.41, 5.74) is 1.94. The topological polar surface area (TPSA) is 49.4 Å². The van der Waals surface area contributed by atoms with Gasteiger partial charge in [-0.15, -0.1) is 0 Å². The Labute approximate surface area is 144 Å². The van der Waals surface area contributed by atoms with Gasteiger partial charge in [-0.1, -0.05) is 24.3 Å². The molecule has 0 radical (unpaired) electrons. The zero-order valence-electron chi connectivity index (χ0n) is 13.9. The molecule has 3 rings (SSSR count). The van der Waals surface area contributed by atoms with Gasteiger partial charge in [0.05, 0.1) is 12.0 Å². The molecular weight excluding hydrogens is 326 g/mol. The SMILES string of the molecule is C[C@@H](NC(=O)[C@H]1CC(=O)N(C)c2ccccc21)c1ccc(F)c(F)c1. The highest BCUT2D eigenvalue weighted by Gasteiger charge is 2.34. The first-order valence-corrected chi connectivity index (χ1v) is 7.99. The summed E-state index contributed by atoms with van der Waals surface area (Å²) in [4.78, 5) is 26.4. The van der Waals surface area contributed by atoms with Crippen LogP contribution >= 0.6 is 0 Å². The molecule has 2 aromatic carbocycles. The number of para-hydroxylation sites is 1. The third-order valence-electron chi connectivity index (χ3n) is 4.55. The molecule has 2 atom stereocenters. The molecule has 0 saturated heterocycles. The average Bonchev–Trinajstić information content (AvgIpc) is 2.60. The Balaban J connectivity index is 1.82. The van der Waals surface area contributed by atoms with Crippen LogP contribution in [-0.2, 0) is 9.59 Å². The number of nitrogens with zero attached hydrogens (tertiary/aromatic N) is 1. The summed E-state index contributed by atoms with van der Waals surface area (Å²) in [7, 11) is 1.68. The van der Waals surface area contributed by atoms with Crippen LogP contribution in [0.1, 0.15) is 36.4 Å². The molecular formula is C19H18F2N2O2. The number of hydrogen-bond acceptors (Lipinski definition) is 2. The van der Waals surface area contributed by atoms with E-state index < -0.39 is 23.6 Å². The first kappa shape index (κ1) is 17.1. The standard InChI is InChI=1S/C19H18F2N2O2/c1-11(12-7-8-15(20)16(21)9-12)22-19(25)14-10-18(24)23(2)17-6-4-3-5-13(14)17/h3-9,11,14H,10H2,1-2H3,(H,22,25)/t11-,14+/m1/s1. The smallest absolute Gasteiger partial charge is 0.228 e. The molecule has 2 aromatic rings. The molecule has 2 amide bonds. The van der Waals surface area contributed by atoms with E-state index >= 15 is 0 Å². The Kier molecular flexibility index (Phi) is 4.53. The Hall–Kier alpha value is -2.76. The number of halogens is 2. The van der Waals surface area contributed by atoms with Crippen LogP contribution in [0.4, 0.5) is 14.5 Å². The van der Waals surface area contributed by atoms with E-state index in [0.717, 1.165) is 17.7 Å². The molecule has 0 bridgehead atoms. The van der Waals surface area contributed by atoms with Gasteiger partial charge in [0.2, 0.25) is 11.8 Å². The molecule has 0 aromatic heterocycles. The van der Waals surface area contributed by atoms with Crippen LogP contribution in [0, 0.1) is 11.6 Å². The van der Waals surface area contributed by atoms with Gasteiger partial charge >= 0.3 is 0 Å². The third-order valence-corrected chi connectivity index (χ3v) is 4.55. The lowest BCUT2D eigenvalue weighted by Crippen LogP contribution is -2.40. The fourth-order valence-electron chi connectivity index (χ4n) is 3.06. The largest absolute Gasteiger partial charge is 0.349 e. The molecule has 0 saturated carbocycles. The molecule has 1 heterocycles. The second kappa shape index (κ2) is 6.63. The van der Waals surface area contributed by atoms with Crippen molar-refractivity contribution < 1.29 is 18.4 Å². The van der Waals surface area contributed by atoms with Crippen molar-refractivity contribution in [2.24, 2.45) is 0 Å². The molecule has 1 aliphatic rings. The van der Waals surface area contributed by atoms with Crippen LogP contribution in [0.2, 0.25) is 0 Å². The molecule has 130 valence electrons. The van der Waals surface area contributed by atoms with E-state index in [2.05, 4.69) is 5.32 Å². The van der Waals surface area contributed by atoms with Crippen molar-refractivity contribution in [3.05, 3.63) is 65.2 Å². The van der Waals surface area contributed by atoms with Gasteiger partial charge in [-0.2, -0.15) is 0 Å². The number of hydrogen-bond donors (Lipinski definition) is 1. The quantitative estimate of drug-likeness (QED) is 0.929. The van der Waals surface area contributed by atoms with E-state index in [9.17, 15) is 18.4 Å². The molecule has 0 unspecified atom stereocenters. The highest BCUT2D eigenvalue weighted by Crippen LogP contribution is 2.35. The summed E-state index contributed by atoms with van der Waals surface area (Å²) in [6, 6.07) is 10.3. The number of carbonyl (C=O) groups is 2. The highest BCUT2D eigenvalue weighted by molar-refractivity contribution is 6.02. The predicted molar refractivity (Wildman–Crippen MR) is 90.1 cm³/mol. The van der Waals surface area contributed by atoms with Crippen LogP contribution < -0.4 is 10.2 Å². The van der Waals surface area contributed by atoms with Gasteiger partial charge in [-0.3, -0.25) is 9.59 Å². The van der Waals surface area contributed by atoms with Crippen LogP contribution in [-0.4, -0.2) is 18.9 Å². The zero-order chi connectivity index (χ0) is 18.1. The van der Waals surface area contributed by atoms with Gasteiger partial charge in [0.15, 0.2) is 11.6 Å². The Morgan fingerprint density at radius 1 is 1.20 bits per heavy atom. The van der Waals surface area contributed by atoms with Crippen molar-refractivity contribution in [1.29, 1.82) is 0 Å². The molecule has 0 fully saturated rings. The zero-order valence-corrected chi connectivity index (χ0v) is 13.9. The van der Waals surface area contributed by atoms with E-state index in [1.165, 1.54) is 11.0 Å². The van der Waals surface area contributed by atoms with Crippen LogP contribution in [0.15, 0.2) is 42.5 Å². The van der Waals surface area contributed by atoms with Gasteiger partial charge in [0.25, 0.3) is 0 Å². The van der Waals surface area contributed by atoms with Crippen molar-refractivity contribution in [2.75, 3.05) is 11.9 Å². The number of nitrogens with one attached hydrogen (secondary N) is 1.